The van der Waals surface area contributed by atoms with Crippen LogP contribution in [0, 0.1) is 0 Å². The van der Waals surface area contributed by atoms with Gasteiger partial charge in [0.05, 0.1) is 0 Å². The Hall–Kier alpha value is -1.16. The van der Waals surface area contributed by atoms with Gasteiger partial charge in [0.25, 0.3) is 0 Å². The van der Waals surface area contributed by atoms with Gasteiger partial charge in [-0.05, 0) is 26.2 Å². The Bertz CT molecular complexity index is 377. The van der Waals surface area contributed by atoms with Crippen LogP contribution < -0.4 is 5.32 Å². The predicted octanol–water partition coefficient (Wildman–Crippen LogP) is 2.88. The second kappa shape index (κ2) is 5.45. The van der Waals surface area contributed by atoms with E-state index in [0.717, 1.165) is 23.8 Å². The molecular weight excluding hydrogens is 214 g/mol. The highest BCUT2D eigenvalue weighted by atomic mass is 16.5. The molecule has 2 rings (SSSR count). The van der Waals surface area contributed by atoms with E-state index in [9.17, 15) is 0 Å². The minimum Gasteiger partial charge on any atom is -0.373 e. The molecule has 0 bridgehead atoms. The third kappa shape index (κ3) is 2.94. The predicted molar refractivity (Wildman–Crippen MR) is 68.2 cm³/mol. The van der Waals surface area contributed by atoms with Crippen molar-refractivity contribution < 1.29 is 4.74 Å². The van der Waals surface area contributed by atoms with Gasteiger partial charge < -0.3 is 10.1 Å². The Labute approximate surface area is 103 Å². The van der Waals surface area contributed by atoms with E-state index in [0.29, 0.717) is 12.5 Å². The fraction of sp³-hybridized carbons (Fsp3) is 0.692. The summed E-state index contributed by atoms with van der Waals surface area (Å²) in [5.41, 5.74) is 1.16. The van der Waals surface area contributed by atoms with Crippen LogP contribution in [-0.2, 0) is 4.74 Å². The van der Waals surface area contributed by atoms with Gasteiger partial charge in [-0.2, -0.15) is 0 Å². The molecule has 1 aromatic rings. The molecule has 1 N–H and O–H groups in total. The lowest BCUT2D eigenvalue weighted by Gasteiger charge is -2.15. The topological polar surface area (TPSA) is 47.0 Å². The van der Waals surface area contributed by atoms with E-state index < -0.39 is 0 Å². The fourth-order valence-corrected chi connectivity index (χ4v) is 1.92. The number of hydrogen-bond donors (Lipinski definition) is 1. The number of anilines is 1. The van der Waals surface area contributed by atoms with Crippen molar-refractivity contribution in [2.24, 2.45) is 0 Å². The van der Waals surface area contributed by atoms with Crippen molar-refractivity contribution in [3.63, 3.8) is 0 Å². The number of ether oxygens (including phenoxy) is 1. The van der Waals surface area contributed by atoms with Crippen LogP contribution in [0.3, 0.4) is 0 Å². The molecule has 1 atom stereocenters. The molecule has 4 nitrogen and oxygen atoms in total. The van der Waals surface area contributed by atoms with Gasteiger partial charge in [0, 0.05) is 31.3 Å². The molecule has 17 heavy (non-hydrogen) atoms. The number of hydrogen-bond acceptors (Lipinski definition) is 4. The summed E-state index contributed by atoms with van der Waals surface area (Å²) in [6.07, 6.45) is 3.44. The second-order valence-corrected chi connectivity index (χ2v) is 4.41. The average molecular weight is 235 g/mol. The zero-order valence-corrected chi connectivity index (χ0v) is 10.9. The first-order chi connectivity index (χ1) is 8.28. The van der Waals surface area contributed by atoms with Gasteiger partial charge in [-0.1, -0.05) is 6.92 Å². The van der Waals surface area contributed by atoms with E-state index >= 15 is 0 Å². The molecule has 94 valence electrons. The summed E-state index contributed by atoms with van der Waals surface area (Å²) in [7, 11) is 1.89. The van der Waals surface area contributed by atoms with E-state index in [1.54, 1.807) is 0 Å². The molecule has 0 aliphatic heterocycles. The van der Waals surface area contributed by atoms with Gasteiger partial charge in [0.15, 0.2) is 5.82 Å². The first kappa shape index (κ1) is 12.3. The Kier molecular flexibility index (Phi) is 3.94. The second-order valence-electron chi connectivity index (χ2n) is 4.41. The van der Waals surface area contributed by atoms with Crippen molar-refractivity contribution >= 4 is 5.82 Å². The van der Waals surface area contributed by atoms with Crippen LogP contribution in [0.5, 0.6) is 0 Å². The number of nitrogens with one attached hydrogen (secondary N) is 1. The number of nitrogens with zero attached hydrogens (tertiary/aromatic N) is 2. The molecule has 1 unspecified atom stereocenters. The fourth-order valence-electron chi connectivity index (χ4n) is 1.92. The lowest BCUT2D eigenvalue weighted by atomic mass is 10.2. The van der Waals surface area contributed by atoms with Crippen molar-refractivity contribution in [1.82, 2.24) is 9.97 Å². The van der Waals surface area contributed by atoms with Gasteiger partial charge in [0.1, 0.15) is 11.9 Å². The maximum absolute atomic E-state index is 5.68. The van der Waals surface area contributed by atoms with Crippen LogP contribution in [0.2, 0.25) is 0 Å². The normalized spacial score (nSPS) is 16.9. The summed E-state index contributed by atoms with van der Waals surface area (Å²) in [5.74, 6) is 2.36. The van der Waals surface area contributed by atoms with Crippen molar-refractivity contribution in [2.75, 3.05) is 19.0 Å². The molecular formula is C13H21N3O. The van der Waals surface area contributed by atoms with E-state index in [1.807, 2.05) is 14.0 Å². The highest BCUT2D eigenvalue weighted by Gasteiger charge is 2.27. The number of rotatable bonds is 6. The highest BCUT2D eigenvalue weighted by Crippen LogP contribution is 2.40. The smallest absolute Gasteiger partial charge is 0.159 e. The molecule has 0 saturated heterocycles. The molecule has 1 aliphatic carbocycles. The molecule has 0 amide bonds. The molecule has 4 heteroatoms. The largest absolute Gasteiger partial charge is 0.373 e. The summed E-state index contributed by atoms with van der Waals surface area (Å²) < 4.78 is 5.68. The molecule has 0 radical (unpaired) electrons. The van der Waals surface area contributed by atoms with Crippen LogP contribution in [0.1, 0.15) is 56.7 Å². The Morgan fingerprint density at radius 2 is 2.18 bits per heavy atom. The van der Waals surface area contributed by atoms with Gasteiger partial charge in [-0.3, -0.25) is 0 Å². The van der Waals surface area contributed by atoms with Crippen LogP contribution >= 0.6 is 0 Å². The lowest BCUT2D eigenvalue weighted by molar-refractivity contribution is 0.0534. The minimum absolute atomic E-state index is 0.0193. The molecule has 1 saturated carbocycles. The zero-order chi connectivity index (χ0) is 12.3. The molecule has 1 heterocycles. The Morgan fingerprint density at radius 3 is 2.71 bits per heavy atom. The van der Waals surface area contributed by atoms with Crippen molar-refractivity contribution in [2.45, 2.75) is 45.1 Å². The third-order valence-corrected chi connectivity index (χ3v) is 3.04. The highest BCUT2D eigenvalue weighted by molar-refractivity contribution is 5.37. The standard InChI is InChI=1S/C13H21N3O/c1-4-11(17-5-2)13-15-10(9-6-7-9)8-12(14-3)16-13/h8-9,11H,4-7H2,1-3H3,(H,14,15,16). The minimum atomic E-state index is 0.0193. The van der Waals surface area contributed by atoms with E-state index in [1.165, 1.54) is 12.8 Å². The Balaban J connectivity index is 2.27. The molecule has 1 fully saturated rings. The van der Waals surface area contributed by atoms with E-state index in [-0.39, 0.29) is 6.10 Å². The van der Waals surface area contributed by atoms with Gasteiger partial charge in [0.2, 0.25) is 0 Å². The van der Waals surface area contributed by atoms with Gasteiger partial charge in [-0.15, -0.1) is 0 Å². The average Bonchev–Trinajstić information content (AvgIpc) is 3.19. The third-order valence-electron chi connectivity index (χ3n) is 3.04. The van der Waals surface area contributed by atoms with Gasteiger partial charge in [-0.25, -0.2) is 9.97 Å². The lowest BCUT2D eigenvalue weighted by Crippen LogP contribution is -2.11. The Morgan fingerprint density at radius 1 is 1.41 bits per heavy atom. The van der Waals surface area contributed by atoms with Crippen molar-refractivity contribution in [1.29, 1.82) is 0 Å². The van der Waals surface area contributed by atoms with Crippen LogP contribution in [0.4, 0.5) is 5.82 Å². The maximum Gasteiger partial charge on any atom is 0.159 e. The molecule has 0 aromatic carbocycles. The number of aromatic nitrogens is 2. The molecule has 1 aliphatic rings. The molecule has 1 aromatic heterocycles. The zero-order valence-electron chi connectivity index (χ0n) is 10.9. The van der Waals surface area contributed by atoms with Crippen molar-refractivity contribution in [3.8, 4) is 0 Å². The summed E-state index contributed by atoms with van der Waals surface area (Å²) in [6, 6.07) is 2.06. The maximum atomic E-state index is 5.68. The monoisotopic (exact) mass is 235 g/mol. The summed E-state index contributed by atoms with van der Waals surface area (Å²) >= 11 is 0. The van der Waals surface area contributed by atoms with E-state index in [2.05, 4.69) is 28.3 Å². The van der Waals surface area contributed by atoms with Gasteiger partial charge >= 0.3 is 0 Å². The van der Waals surface area contributed by atoms with Crippen molar-refractivity contribution in [3.05, 3.63) is 17.6 Å². The van der Waals surface area contributed by atoms with Crippen LogP contribution in [-0.4, -0.2) is 23.6 Å². The summed E-state index contributed by atoms with van der Waals surface area (Å²) in [5, 5.41) is 3.10. The SMILES string of the molecule is CCOC(CC)c1nc(NC)cc(C2CC2)n1. The molecule has 0 spiro atoms. The van der Waals surface area contributed by atoms with E-state index in [4.69, 9.17) is 4.74 Å². The van der Waals surface area contributed by atoms with Crippen LogP contribution in [0.15, 0.2) is 6.07 Å². The summed E-state index contributed by atoms with van der Waals surface area (Å²) in [6.45, 7) is 4.81. The quantitative estimate of drug-likeness (QED) is 0.823. The summed E-state index contributed by atoms with van der Waals surface area (Å²) in [4.78, 5) is 9.16. The van der Waals surface area contributed by atoms with Crippen LogP contribution in [0.25, 0.3) is 0 Å². The first-order valence-electron chi connectivity index (χ1n) is 6.46. The first-order valence-corrected chi connectivity index (χ1v) is 6.46.